The van der Waals surface area contributed by atoms with Gasteiger partial charge in [0, 0.05) is 23.3 Å². The highest BCUT2D eigenvalue weighted by molar-refractivity contribution is 6.31. The second-order valence-electron chi connectivity index (χ2n) is 4.69. The summed E-state index contributed by atoms with van der Waals surface area (Å²) in [6.45, 7) is 7.81. The van der Waals surface area contributed by atoms with Crippen molar-refractivity contribution >= 4 is 11.6 Å². The van der Waals surface area contributed by atoms with Crippen molar-refractivity contribution in [2.45, 2.75) is 27.3 Å². The van der Waals surface area contributed by atoms with Gasteiger partial charge in [-0.05, 0) is 49.7 Å². The van der Waals surface area contributed by atoms with Crippen LogP contribution in [0.2, 0.25) is 5.02 Å². The fourth-order valence-corrected chi connectivity index (χ4v) is 1.99. The van der Waals surface area contributed by atoms with Crippen molar-refractivity contribution in [1.29, 1.82) is 0 Å². The van der Waals surface area contributed by atoms with E-state index in [0.717, 1.165) is 35.1 Å². The molecule has 0 aliphatic heterocycles. The molecule has 0 unspecified atom stereocenters. The monoisotopic (exact) mass is 290 g/mol. The number of nitrogens with zero attached hydrogens (tertiary/aromatic N) is 1. The van der Waals surface area contributed by atoms with Crippen LogP contribution in [0, 0.1) is 13.8 Å². The molecule has 1 N–H and O–H groups in total. The number of nitrogens with one attached hydrogen (secondary N) is 1. The van der Waals surface area contributed by atoms with Crippen LogP contribution in [0.15, 0.2) is 30.3 Å². The molecule has 20 heavy (non-hydrogen) atoms. The van der Waals surface area contributed by atoms with Gasteiger partial charge in [-0.2, -0.15) is 0 Å². The first-order valence-electron chi connectivity index (χ1n) is 6.71. The fourth-order valence-electron chi connectivity index (χ4n) is 1.87. The molecule has 0 fully saturated rings. The van der Waals surface area contributed by atoms with Crippen LogP contribution in [0.1, 0.15) is 23.7 Å². The van der Waals surface area contributed by atoms with Gasteiger partial charge in [0.1, 0.15) is 5.75 Å². The number of aromatic nitrogens is 1. The summed E-state index contributed by atoms with van der Waals surface area (Å²) in [5.74, 6) is 1.35. The first kappa shape index (κ1) is 14.8. The van der Waals surface area contributed by atoms with Gasteiger partial charge in [0.2, 0.25) is 5.88 Å². The quantitative estimate of drug-likeness (QED) is 0.894. The standard InChI is InChI=1S/C16H19ClN2O/c1-4-18-10-13-5-8-16(19-12(13)3)20-14-6-7-15(17)11(2)9-14/h5-9,18H,4,10H2,1-3H3. The lowest BCUT2D eigenvalue weighted by atomic mass is 10.2. The van der Waals surface area contributed by atoms with E-state index in [9.17, 15) is 0 Å². The summed E-state index contributed by atoms with van der Waals surface area (Å²) in [6, 6.07) is 9.52. The van der Waals surface area contributed by atoms with Gasteiger partial charge >= 0.3 is 0 Å². The largest absolute Gasteiger partial charge is 0.439 e. The Morgan fingerprint density at radius 3 is 2.65 bits per heavy atom. The van der Waals surface area contributed by atoms with E-state index in [1.165, 1.54) is 5.56 Å². The summed E-state index contributed by atoms with van der Waals surface area (Å²) < 4.78 is 5.76. The number of rotatable bonds is 5. The number of hydrogen-bond acceptors (Lipinski definition) is 3. The maximum absolute atomic E-state index is 6.00. The highest BCUT2D eigenvalue weighted by Crippen LogP contribution is 2.25. The normalized spacial score (nSPS) is 10.6. The van der Waals surface area contributed by atoms with Gasteiger partial charge in [-0.15, -0.1) is 0 Å². The molecule has 1 aromatic heterocycles. The van der Waals surface area contributed by atoms with E-state index in [1.54, 1.807) is 0 Å². The lowest BCUT2D eigenvalue weighted by molar-refractivity contribution is 0.460. The molecular weight excluding hydrogens is 272 g/mol. The van der Waals surface area contributed by atoms with Gasteiger partial charge in [-0.25, -0.2) is 4.98 Å². The van der Waals surface area contributed by atoms with Crippen molar-refractivity contribution in [3.05, 3.63) is 52.2 Å². The van der Waals surface area contributed by atoms with Gasteiger partial charge in [0.15, 0.2) is 0 Å². The summed E-state index contributed by atoms with van der Waals surface area (Å²) in [7, 11) is 0. The smallest absolute Gasteiger partial charge is 0.219 e. The zero-order valence-corrected chi connectivity index (χ0v) is 12.8. The molecule has 1 aromatic carbocycles. The number of benzene rings is 1. The highest BCUT2D eigenvalue weighted by Gasteiger charge is 2.05. The van der Waals surface area contributed by atoms with E-state index < -0.39 is 0 Å². The minimum atomic E-state index is 0.601. The van der Waals surface area contributed by atoms with Gasteiger partial charge in [0.25, 0.3) is 0 Å². The summed E-state index contributed by atoms with van der Waals surface area (Å²) >= 11 is 6.00. The van der Waals surface area contributed by atoms with E-state index in [0.29, 0.717) is 5.88 Å². The molecule has 0 amide bonds. The molecule has 0 aliphatic carbocycles. The molecule has 4 heteroatoms. The predicted molar refractivity (Wildman–Crippen MR) is 82.6 cm³/mol. The fraction of sp³-hybridized carbons (Fsp3) is 0.312. The zero-order chi connectivity index (χ0) is 14.5. The predicted octanol–water partition coefficient (Wildman–Crippen LogP) is 4.25. The van der Waals surface area contributed by atoms with Crippen molar-refractivity contribution < 1.29 is 4.74 Å². The molecule has 0 bridgehead atoms. The Morgan fingerprint density at radius 1 is 1.20 bits per heavy atom. The molecule has 3 nitrogen and oxygen atoms in total. The summed E-state index contributed by atoms with van der Waals surface area (Å²) in [5.41, 5.74) is 3.16. The topological polar surface area (TPSA) is 34.1 Å². The number of hydrogen-bond donors (Lipinski definition) is 1. The lowest BCUT2D eigenvalue weighted by Gasteiger charge is -2.10. The first-order valence-corrected chi connectivity index (χ1v) is 7.09. The molecule has 0 saturated carbocycles. The van der Waals surface area contributed by atoms with Crippen molar-refractivity contribution in [2.75, 3.05) is 6.54 Å². The Balaban J connectivity index is 2.13. The maximum atomic E-state index is 6.00. The van der Waals surface area contributed by atoms with Crippen LogP contribution in [0.5, 0.6) is 11.6 Å². The minimum Gasteiger partial charge on any atom is -0.439 e. The van der Waals surface area contributed by atoms with E-state index in [1.807, 2.05) is 44.2 Å². The second-order valence-corrected chi connectivity index (χ2v) is 5.09. The van der Waals surface area contributed by atoms with Crippen molar-refractivity contribution in [2.24, 2.45) is 0 Å². The molecule has 0 spiro atoms. The Morgan fingerprint density at radius 2 is 2.00 bits per heavy atom. The molecular formula is C16H19ClN2O. The summed E-state index contributed by atoms with van der Waals surface area (Å²) in [6.07, 6.45) is 0. The molecule has 106 valence electrons. The van der Waals surface area contributed by atoms with Crippen LogP contribution in [0.25, 0.3) is 0 Å². The van der Waals surface area contributed by atoms with Crippen LogP contribution in [-0.2, 0) is 6.54 Å². The second kappa shape index (κ2) is 6.73. The Labute approximate surface area is 124 Å². The third-order valence-corrected chi connectivity index (χ3v) is 3.51. The molecule has 2 rings (SSSR count). The van der Waals surface area contributed by atoms with Gasteiger partial charge in [-0.3, -0.25) is 0 Å². The summed E-state index contributed by atoms with van der Waals surface area (Å²) in [5, 5.41) is 4.03. The van der Waals surface area contributed by atoms with Crippen LogP contribution in [0.4, 0.5) is 0 Å². The molecule has 0 atom stereocenters. The van der Waals surface area contributed by atoms with Gasteiger partial charge < -0.3 is 10.1 Å². The lowest BCUT2D eigenvalue weighted by Crippen LogP contribution is -2.13. The molecule has 0 aliphatic rings. The minimum absolute atomic E-state index is 0.601. The number of ether oxygens (including phenoxy) is 1. The van der Waals surface area contributed by atoms with Crippen LogP contribution in [0.3, 0.4) is 0 Å². The van der Waals surface area contributed by atoms with Crippen LogP contribution in [-0.4, -0.2) is 11.5 Å². The van der Waals surface area contributed by atoms with Crippen molar-refractivity contribution in [1.82, 2.24) is 10.3 Å². The number of aryl methyl sites for hydroxylation is 2. The van der Waals surface area contributed by atoms with Crippen molar-refractivity contribution in [3.63, 3.8) is 0 Å². The number of pyridine rings is 1. The third-order valence-electron chi connectivity index (χ3n) is 3.09. The van der Waals surface area contributed by atoms with Crippen molar-refractivity contribution in [3.8, 4) is 11.6 Å². The van der Waals surface area contributed by atoms with E-state index in [2.05, 4.69) is 17.2 Å². The van der Waals surface area contributed by atoms with Gasteiger partial charge in [-0.1, -0.05) is 24.6 Å². The van der Waals surface area contributed by atoms with E-state index >= 15 is 0 Å². The Hall–Kier alpha value is -1.58. The number of halogens is 1. The average molecular weight is 291 g/mol. The maximum Gasteiger partial charge on any atom is 0.219 e. The third kappa shape index (κ3) is 3.71. The zero-order valence-electron chi connectivity index (χ0n) is 12.0. The molecule has 0 radical (unpaired) electrons. The first-order chi connectivity index (χ1) is 9.60. The Kier molecular flexibility index (Phi) is 4.99. The molecule has 2 aromatic rings. The van der Waals surface area contributed by atoms with Gasteiger partial charge in [0.05, 0.1) is 0 Å². The summed E-state index contributed by atoms with van der Waals surface area (Å²) in [4.78, 5) is 4.48. The van der Waals surface area contributed by atoms with E-state index in [4.69, 9.17) is 16.3 Å². The Bertz CT molecular complexity index is 599. The molecule has 1 heterocycles. The highest BCUT2D eigenvalue weighted by atomic mass is 35.5. The average Bonchev–Trinajstić information content (AvgIpc) is 2.42. The van der Waals surface area contributed by atoms with Crippen LogP contribution >= 0.6 is 11.6 Å². The SMILES string of the molecule is CCNCc1ccc(Oc2ccc(Cl)c(C)c2)nc1C. The van der Waals surface area contributed by atoms with Crippen LogP contribution < -0.4 is 10.1 Å². The van der Waals surface area contributed by atoms with E-state index in [-0.39, 0.29) is 0 Å². The molecule has 0 saturated heterocycles.